The van der Waals surface area contributed by atoms with Gasteiger partial charge in [0.05, 0.1) is 22.5 Å². The highest BCUT2D eigenvalue weighted by Crippen LogP contribution is 2.30. The third-order valence-corrected chi connectivity index (χ3v) is 4.44. The van der Waals surface area contributed by atoms with Crippen LogP contribution < -0.4 is 0 Å². The molecule has 122 valence electrons. The molecule has 0 saturated heterocycles. The summed E-state index contributed by atoms with van der Waals surface area (Å²) in [6.45, 7) is 3.49. The van der Waals surface area contributed by atoms with E-state index < -0.39 is 0 Å². The maximum atomic E-state index is 12.2. The van der Waals surface area contributed by atoms with Crippen LogP contribution in [0.25, 0.3) is 27.9 Å². The lowest BCUT2D eigenvalue weighted by Crippen LogP contribution is -1.97. The summed E-state index contributed by atoms with van der Waals surface area (Å²) in [6, 6.07) is 24.5. The first-order valence-corrected chi connectivity index (χ1v) is 8.30. The summed E-state index contributed by atoms with van der Waals surface area (Å²) < 4.78 is 1.88. The molecule has 0 atom stereocenters. The molecule has 3 nitrogen and oxygen atoms in total. The van der Waals surface area contributed by atoms with E-state index in [0.717, 1.165) is 33.6 Å². The van der Waals surface area contributed by atoms with Gasteiger partial charge in [-0.25, -0.2) is 4.52 Å². The zero-order chi connectivity index (χ0) is 17.4. The molecule has 3 heteroatoms. The number of carbonyl (C=O) groups excluding carboxylic acids is 1. The maximum absolute atomic E-state index is 12.2. The molecule has 2 heterocycles. The number of carbonyl (C=O) groups is 1. The van der Waals surface area contributed by atoms with Crippen LogP contribution in [0.1, 0.15) is 23.0 Å². The van der Waals surface area contributed by atoms with Crippen LogP contribution in [0.5, 0.6) is 0 Å². The zero-order valence-electron chi connectivity index (χ0n) is 14.2. The van der Waals surface area contributed by atoms with Crippen molar-refractivity contribution in [3.63, 3.8) is 0 Å². The Morgan fingerprint density at radius 1 is 0.840 bits per heavy atom. The number of aromatic nitrogens is 2. The minimum absolute atomic E-state index is 0.0386. The molecular weight excluding hydrogens is 308 g/mol. The fourth-order valence-electron chi connectivity index (χ4n) is 3.31. The van der Waals surface area contributed by atoms with Crippen LogP contribution in [0.15, 0.2) is 72.8 Å². The van der Waals surface area contributed by atoms with Gasteiger partial charge in [-0.05, 0) is 37.1 Å². The summed E-state index contributed by atoms with van der Waals surface area (Å²) in [5.41, 5.74) is 6.55. The third kappa shape index (κ3) is 2.64. The average Bonchev–Trinajstić information content (AvgIpc) is 2.98. The van der Waals surface area contributed by atoms with Crippen molar-refractivity contribution < 1.29 is 4.79 Å². The number of Topliss-reactive ketones (excluding diaryl/α,β-unsaturated/α-hetero) is 1. The predicted molar refractivity (Wildman–Crippen MR) is 101 cm³/mol. The van der Waals surface area contributed by atoms with E-state index in [4.69, 9.17) is 0 Å². The van der Waals surface area contributed by atoms with Crippen LogP contribution in [0.4, 0.5) is 0 Å². The van der Waals surface area contributed by atoms with E-state index >= 15 is 0 Å². The molecule has 0 N–H and O–H groups in total. The molecule has 0 unspecified atom stereocenters. The van der Waals surface area contributed by atoms with Crippen LogP contribution in [-0.4, -0.2) is 15.4 Å². The molecule has 25 heavy (non-hydrogen) atoms. The summed E-state index contributed by atoms with van der Waals surface area (Å²) in [5.74, 6) is 0.0386. The number of pyridine rings is 1. The van der Waals surface area contributed by atoms with E-state index in [0.29, 0.717) is 5.56 Å². The molecule has 4 aromatic rings. The van der Waals surface area contributed by atoms with Gasteiger partial charge in [0, 0.05) is 5.56 Å². The summed E-state index contributed by atoms with van der Waals surface area (Å²) in [6.07, 6.45) is 0. The van der Waals surface area contributed by atoms with E-state index in [9.17, 15) is 4.79 Å². The molecular formula is C22H18N2O. The summed E-state index contributed by atoms with van der Waals surface area (Å²) in [5, 5.41) is 4.64. The van der Waals surface area contributed by atoms with Crippen LogP contribution in [0, 0.1) is 6.92 Å². The number of hydrogen-bond acceptors (Lipinski definition) is 2. The number of benzene rings is 2. The van der Waals surface area contributed by atoms with E-state index in [1.807, 2.05) is 47.8 Å². The Morgan fingerprint density at radius 3 is 2.04 bits per heavy atom. The van der Waals surface area contributed by atoms with Crippen LogP contribution in [0.2, 0.25) is 0 Å². The van der Waals surface area contributed by atoms with E-state index in [-0.39, 0.29) is 5.78 Å². The van der Waals surface area contributed by atoms with Crippen molar-refractivity contribution >= 4 is 11.3 Å². The van der Waals surface area contributed by atoms with Crippen molar-refractivity contribution in [3.8, 4) is 22.4 Å². The number of hydrogen-bond donors (Lipinski definition) is 0. The predicted octanol–water partition coefficient (Wildman–Crippen LogP) is 5.18. The first-order chi connectivity index (χ1) is 12.1. The first-order valence-electron chi connectivity index (χ1n) is 8.30. The molecule has 2 aromatic heterocycles. The zero-order valence-corrected chi connectivity index (χ0v) is 14.2. The minimum atomic E-state index is 0.0386. The first kappa shape index (κ1) is 15.3. The van der Waals surface area contributed by atoms with Crippen molar-refractivity contribution in [2.24, 2.45) is 0 Å². The lowest BCUT2D eigenvalue weighted by Gasteiger charge is -2.10. The van der Waals surface area contributed by atoms with Crippen molar-refractivity contribution in [1.29, 1.82) is 0 Å². The van der Waals surface area contributed by atoms with E-state index in [1.165, 1.54) is 0 Å². The smallest absolute Gasteiger partial charge is 0.163 e. The number of fused-ring (bicyclic) bond motifs is 1. The molecule has 0 aliphatic rings. The van der Waals surface area contributed by atoms with Gasteiger partial charge in [0.1, 0.15) is 0 Å². The van der Waals surface area contributed by atoms with Gasteiger partial charge in [-0.1, -0.05) is 60.7 Å². The molecule has 0 fully saturated rings. The third-order valence-electron chi connectivity index (χ3n) is 4.44. The van der Waals surface area contributed by atoms with Gasteiger partial charge in [-0.15, -0.1) is 0 Å². The van der Waals surface area contributed by atoms with Gasteiger partial charge in [0.15, 0.2) is 5.78 Å². The maximum Gasteiger partial charge on any atom is 0.163 e. The van der Waals surface area contributed by atoms with E-state index in [1.54, 1.807) is 6.92 Å². The average molecular weight is 326 g/mol. The summed E-state index contributed by atoms with van der Waals surface area (Å²) in [7, 11) is 0. The number of rotatable bonds is 3. The van der Waals surface area contributed by atoms with Crippen molar-refractivity contribution in [2.45, 2.75) is 13.8 Å². The lowest BCUT2D eigenvalue weighted by atomic mass is 10.0. The van der Waals surface area contributed by atoms with E-state index in [2.05, 4.69) is 41.5 Å². The largest absolute Gasteiger partial charge is 0.294 e. The lowest BCUT2D eigenvalue weighted by molar-refractivity contribution is 0.101. The molecule has 0 amide bonds. The van der Waals surface area contributed by atoms with Gasteiger partial charge in [-0.3, -0.25) is 4.79 Å². The van der Waals surface area contributed by atoms with Crippen molar-refractivity contribution in [1.82, 2.24) is 9.61 Å². The van der Waals surface area contributed by atoms with Crippen molar-refractivity contribution in [3.05, 3.63) is 84.1 Å². The van der Waals surface area contributed by atoms with Crippen LogP contribution in [-0.2, 0) is 0 Å². The van der Waals surface area contributed by atoms with Gasteiger partial charge >= 0.3 is 0 Å². The van der Waals surface area contributed by atoms with Crippen LogP contribution in [0.3, 0.4) is 0 Å². The number of nitrogens with zero attached hydrogens (tertiary/aromatic N) is 2. The van der Waals surface area contributed by atoms with Crippen LogP contribution >= 0.6 is 0 Å². The Labute approximate surface area is 146 Å². The number of aryl methyl sites for hydroxylation is 1. The molecule has 0 bridgehead atoms. The fourth-order valence-corrected chi connectivity index (χ4v) is 3.31. The summed E-state index contributed by atoms with van der Waals surface area (Å²) >= 11 is 0. The van der Waals surface area contributed by atoms with Gasteiger partial charge in [-0.2, -0.15) is 5.10 Å². The Kier molecular flexibility index (Phi) is 3.69. The molecule has 0 aliphatic carbocycles. The highest BCUT2D eigenvalue weighted by molar-refractivity contribution is 6.03. The second-order valence-corrected chi connectivity index (χ2v) is 6.17. The van der Waals surface area contributed by atoms with Gasteiger partial charge in [0.2, 0.25) is 0 Å². The molecule has 2 aromatic carbocycles. The topological polar surface area (TPSA) is 34.4 Å². The standard InChI is InChI=1S/C22H18N2O/c1-15-22(16(2)25)21-14-19(17-9-5-3-6-10-17)13-20(24(21)23-15)18-11-7-4-8-12-18/h3-14H,1-2H3. The summed E-state index contributed by atoms with van der Waals surface area (Å²) in [4.78, 5) is 12.2. The second kappa shape index (κ2) is 6.02. The normalized spacial score (nSPS) is 11.0. The number of ketones is 1. The SMILES string of the molecule is CC(=O)c1c(C)nn2c(-c3ccccc3)cc(-c3ccccc3)cc12. The molecule has 0 saturated carbocycles. The molecule has 0 aliphatic heterocycles. The fraction of sp³-hybridized carbons (Fsp3) is 0.0909. The second-order valence-electron chi connectivity index (χ2n) is 6.17. The molecule has 4 rings (SSSR count). The Bertz CT molecular complexity index is 1060. The Morgan fingerprint density at radius 2 is 1.44 bits per heavy atom. The molecule has 0 spiro atoms. The van der Waals surface area contributed by atoms with Gasteiger partial charge < -0.3 is 0 Å². The quantitative estimate of drug-likeness (QED) is 0.486. The van der Waals surface area contributed by atoms with Crippen molar-refractivity contribution in [2.75, 3.05) is 0 Å². The monoisotopic (exact) mass is 326 g/mol. The highest BCUT2D eigenvalue weighted by Gasteiger charge is 2.17. The Balaban J connectivity index is 2.09. The van der Waals surface area contributed by atoms with Gasteiger partial charge in [0.25, 0.3) is 0 Å². The highest BCUT2D eigenvalue weighted by atomic mass is 16.1. The Hall–Kier alpha value is -3.20. The molecule has 0 radical (unpaired) electrons. The minimum Gasteiger partial charge on any atom is -0.294 e.